The molecule has 108 valence electrons. The van der Waals surface area contributed by atoms with Crippen molar-refractivity contribution in [2.45, 2.75) is 42.7 Å². The van der Waals surface area contributed by atoms with Crippen LogP contribution in [-0.2, 0) is 4.79 Å². The van der Waals surface area contributed by atoms with Crippen molar-refractivity contribution in [3.05, 3.63) is 29.6 Å². The van der Waals surface area contributed by atoms with Gasteiger partial charge in [0.05, 0.1) is 6.04 Å². The predicted octanol–water partition coefficient (Wildman–Crippen LogP) is 2.62. The maximum atomic E-state index is 13.4. The molecule has 2 N–H and O–H groups in total. The first-order chi connectivity index (χ1) is 9.72. The second-order valence-electron chi connectivity index (χ2n) is 5.42. The Kier molecular flexibility index (Phi) is 4.27. The molecular weight excluding hydrogens is 275 g/mol. The summed E-state index contributed by atoms with van der Waals surface area (Å²) in [5, 5.41) is 6.37. The van der Waals surface area contributed by atoms with Crippen LogP contribution in [0, 0.1) is 5.82 Å². The fourth-order valence-corrected chi connectivity index (χ4v) is 3.56. The van der Waals surface area contributed by atoms with Gasteiger partial charge in [0.1, 0.15) is 5.82 Å². The molecule has 3 nitrogen and oxygen atoms in total. The summed E-state index contributed by atoms with van der Waals surface area (Å²) in [5.74, 6) is 0.773. The van der Waals surface area contributed by atoms with Crippen molar-refractivity contribution in [2.24, 2.45) is 0 Å². The molecule has 1 aromatic carbocycles. The van der Waals surface area contributed by atoms with Crippen LogP contribution >= 0.6 is 11.8 Å². The monoisotopic (exact) mass is 294 g/mol. The normalized spacial score (nSPS) is 21.4. The highest BCUT2D eigenvalue weighted by Crippen LogP contribution is 2.36. The minimum absolute atomic E-state index is 0.0459. The van der Waals surface area contributed by atoms with Crippen molar-refractivity contribution < 1.29 is 9.18 Å². The van der Waals surface area contributed by atoms with Crippen molar-refractivity contribution >= 4 is 17.7 Å². The van der Waals surface area contributed by atoms with Crippen LogP contribution in [0.15, 0.2) is 23.1 Å². The standard InChI is InChI=1S/C15H19FN2OS/c16-10-1-4-14-12(9-10)13(6-8-20-14)18-15(19)5-7-17-11-2-3-11/h1,4,9,11,13,17H,2-3,5-8H2,(H,18,19). The summed E-state index contributed by atoms with van der Waals surface area (Å²) < 4.78 is 13.4. The number of thioether (sulfide) groups is 1. The van der Waals surface area contributed by atoms with Gasteiger partial charge in [-0.1, -0.05) is 0 Å². The maximum Gasteiger partial charge on any atom is 0.221 e. The van der Waals surface area contributed by atoms with Gasteiger partial charge in [0.15, 0.2) is 0 Å². The minimum Gasteiger partial charge on any atom is -0.349 e. The highest BCUT2D eigenvalue weighted by Gasteiger charge is 2.23. The molecule has 0 aromatic heterocycles. The van der Waals surface area contributed by atoms with E-state index in [-0.39, 0.29) is 17.8 Å². The van der Waals surface area contributed by atoms with Gasteiger partial charge in [0.25, 0.3) is 0 Å². The van der Waals surface area contributed by atoms with E-state index in [0.717, 1.165) is 29.2 Å². The second-order valence-corrected chi connectivity index (χ2v) is 6.55. The van der Waals surface area contributed by atoms with Gasteiger partial charge in [0.2, 0.25) is 5.91 Å². The Hall–Kier alpha value is -1.07. The first-order valence-electron chi connectivity index (χ1n) is 7.17. The fraction of sp³-hybridized carbons (Fsp3) is 0.533. The molecule has 1 aliphatic carbocycles. The Labute approximate surface area is 122 Å². The Bertz CT molecular complexity index is 505. The third-order valence-electron chi connectivity index (χ3n) is 3.71. The molecule has 1 aromatic rings. The number of fused-ring (bicyclic) bond motifs is 1. The SMILES string of the molecule is O=C(CCNC1CC1)NC1CCSc2ccc(F)cc21. The highest BCUT2D eigenvalue weighted by atomic mass is 32.2. The number of carbonyl (C=O) groups excluding carboxylic acids is 1. The van der Waals surface area contributed by atoms with Crippen LogP contribution in [0.5, 0.6) is 0 Å². The summed E-state index contributed by atoms with van der Waals surface area (Å²) in [6.07, 6.45) is 3.82. The molecule has 0 radical (unpaired) electrons. The third-order valence-corrected chi connectivity index (χ3v) is 4.83. The minimum atomic E-state index is -0.235. The van der Waals surface area contributed by atoms with E-state index in [0.29, 0.717) is 12.5 Å². The molecule has 20 heavy (non-hydrogen) atoms. The van der Waals surface area contributed by atoms with Crippen LogP contribution in [0.2, 0.25) is 0 Å². The van der Waals surface area contributed by atoms with Crippen molar-refractivity contribution in [3.8, 4) is 0 Å². The summed E-state index contributed by atoms with van der Waals surface area (Å²) >= 11 is 1.73. The van der Waals surface area contributed by atoms with Gasteiger partial charge in [-0.25, -0.2) is 4.39 Å². The van der Waals surface area contributed by atoms with Gasteiger partial charge in [-0.05, 0) is 43.0 Å². The zero-order valence-corrected chi connectivity index (χ0v) is 12.1. The molecule has 1 heterocycles. The molecule has 1 aliphatic heterocycles. The number of hydrogen-bond donors (Lipinski definition) is 2. The summed E-state index contributed by atoms with van der Waals surface area (Å²) in [6.45, 7) is 0.730. The lowest BCUT2D eigenvalue weighted by atomic mass is 10.0. The number of benzene rings is 1. The van der Waals surface area contributed by atoms with Crippen LogP contribution in [0.3, 0.4) is 0 Å². The lowest BCUT2D eigenvalue weighted by molar-refractivity contribution is -0.121. The average Bonchev–Trinajstić information content (AvgIpc) is 3.24. The second kappa shape index (κ2) is 6.14. The number of amides is 1. The van der Waals surface area contributed by atoms with Gasteiger partial charge < -0.3 is 10.6 Å². The molecule has 1 amide bonds. The van der Waals surface area contributed by atoms with Crippen molar-refractivity contribution in [1.82, 2.24) is 10.6 Å². The molecule has 3 rings (SSSR count). The Morgan fingerprint density at radius 2 is 2.20 bits per heavy atom. The Morgan fingerprint density at radius 3 is 3.00 bits per heavy atom. The molecule has 0 spiro atoms. The van der Waals surface area contributed by atoms with Crippen LogP contribution in [0.4, 0.5) is 4.39 Å². The number of rotatable bonds is 5. The number of hydrogen-bond acceptors (Lipinski definition) is 3. The molecule has 2 aliphatic rings. The van der Waals surface area contributed by atoms with E-state index in [1.165, 1.54) is 18.9 Å². The quantitative estimate of drug-likeness (QED) is 0.877. The fourth-order valence-electron chi connectivity index (χ4n) is 2.46. The van der Waals surface area contributed by atoms with E-state index < -0.39 is 0 Å². The molecule has 1 fully saturated rings. The summed E-state index contributed by atoms with van der Waals surface area (Å²) in [5.41, 5.74) is 0.921. The lowest BCUT2D eigenvalue weighted by Crippen LogP contribution is -2.33. The number of halogens is 1. The summed E-state index contributed by atoms with van der Waals surface area (Å²) in [4.78, 5) is 13.0. The Balaban J connectivity index is 1.57. The molecule has 5 heteroatoms. The van der Waals surface area contributed by atoms with Gasteiger partial charge in [0, 0.05) is 29.7 Å². The Morgan fingerprint density at radius 1 is 1.35 bits per heavy atom. The van der Waals surface area contributed by atoms with Crippen molar-refractivity contribution in [2.75, 3.05) is 12.3 Å². The van der Waals surface area contributed by atoms with Gasteiger partial charge in [-0.15, -0.1) is 11.8 Å². The summed E-state index contributed by atoms with van der Waals surface area (Å²) in [6, 6.07) is 5.42. The van der Waals surface area contributed by atoms with Crippen LogP contribution in [0.25, 0.3) is 0 Å². The van der Waals surface area contributed by atoms with Crippen molar-refractivity contribution in [1.29, 1.82) is 0 Å². The number of nitrogens with one attached hydrogen (secondary N) is 2. The van der Waals surface area contributed by atoms with Crippen LogP contribution < -0.4 is 10.6 Å². The first-order valence-corrected chi connectivity index (χ1v) is 8.16. The van der Waals surface area contributed by atoms with Crippen LogP contribution in [0.1, 0.15) is 37.3 Å². The molecular formula is C15H19FN2OS. The van der Waals surface area contributed by atoms with E-state index in [2.05, 4.69) is 10.6 Å². The van der Waals surface area contributed by atoms with E-state index in [1.54, 1.807) is 17.8 Å². The third kappa shape index (κ3) is 3.52. The van der Waals surface area contributed by atoms with Crippen molar-refractivity contribution in [3.63, 3.8) is 0 Å². The van der Waals surface area contributed by atoms with E-state index in [1.807, 2.05) is 6.07 Å². The topological polar surface area (TPSA) is 41.1 Å². The van der Waals surface area contributed by atoms with E-state index >= 15 is 0 Å². The molecule has 1 saturated carbocycles. The molecule has 1 unspecified atom stereocenters. The molecule has 0 bridgehead atoms. The average molecular weight is 294 g/mol. The largest absolute Gasteiger partial charge is 0.349 e. The highest BCUT2D eigenvalue weighted by molar-refractivity contribution is 7.99. The van der Waals surface area contributed by atoms with Gasteiger partial charge in [-0.2, -0.15) is 0 Å². The van der Waals surface area contributed by atoms with Crippen LogP contribution in [-0.4, -0.2) is 24.2 Å². The molecule has 1 atom stereocenters. The predicted molar refractivity (Wildman–Crippen MR) is 78.3 cm³/mol. The van der Waals surface area contributed by atoms with Gasteiger partial charge >= 0.3 is 0 Å². The zero-order chi connectivity index (χ0) is 13.9. The summed E-state index contributed by atoms with van der Waals surface area (Å²) in [7, 11) is 0. The van der Waals surface area contributed by atoms with E-state index in [9.17, 15) is 9.18 Å². The lowest BCUT2D eigenvalue weighted by Gasteiger charge is -2.26. The van der Waals surface area contributed by atoms with E-state index in [4.69, 9.17) is 0 Å². The molecule has 0 saturated heterocycles. The maximum absolute atomic E-state index is 13.4. The number of carbonyl (C=O) groups is 1. The smallest absolute Gasteiger partial charge is 0.221 e. The van der Waals surface area contributed by atoms with Gasteiger partial charge in [-0.3, -0.25) is 4.79 Å². The first kappa shape index (κ1) is 13.9. The zero-order valence-electron chi connectivity index (χ0n) is 11.3.